The maximum atomic E-state index is 6.41. The Morgan fingerprint density at radius 3 is 1.51 bits per heavy atom. The van der Waals surface area contributed by atoms with Crippen LogP contribution in [0.4, 0.5) is 17.1 Å². The lowest BCUT2D eigenvalue weighted by atomic mass is 10.0. The molecule has 0 N–H and O–H groups in total. The molecule has 0 bridgehead atoms. The van der Waals surface area contributed by atoms with Gasteiger partial charge in [-0.2, -0.15) is 0 Å². The van der Waals surface area contributed by atoms with Crippen LogP contribution in [0, 0.1) is 0 Å². The lowest BCUT2D eigenvalue weighted by Gasteiger charge is -2.26. The van der Waals surface area contributed by atoms with Crippen molar-refractivity contribution in [3.8, 4) is 39.1 Å². The molecule has 0 saturated heterocycles. The van der Waals surface area contributed by atoms with Crippen molar-refractivity contribution in [3.05, 3.63) is 231 Å². The predicted octanol–water partition coefficient (Wildman–Crippen LogP) is 16.3. The summed E-state index contributed by atoms with van der Waals surface area (Å²) in [5, 5.41) is 7.18. The third-order valence-corrected chi connectivity index (χ3v) is 12.2. The molecule has 0 radical (unpaired) electrons. The van der Waals surface area contributed by atoms with Gasteiger partial charge in [0.25, 0.3) is 0 Å². The summed E-state index contributed by atoms with van der Waals surface area (Å²) >= 11 is 0. The minimum absolute atomic E-state index is 0.870. The second kappa shape index (κ2) is 14.3. The first-order valence-corrected chi connectivity index (χ1v) is 20.8. The molecule has 61 heavy (non-hydrogen) atoms. The van der Waals surface area contributed by atoms with Gasteiger partial charge in [-0.05, 0) is 112 Å². The normalized spacial score (nSPS) is 11.6. The van der Waals surface area contributed by atoms with Gasteiger partial charge in [0.15, 0.2) is 0 Å². The highest BCUT2D eigenvalue weighted by Gasteiger charge is 2.19. The summed E-state index contributed by atoms with van der Waals surface area (Å²) < 4.78 is 8.84. The topological polar surface area (TPSA) is 21.3 Å². The molecule has 12 aromatic rings. The van der Waals surface area contributed by atoms with Crippen molar-refractivity contribution in [1.29, 1.82) is 0 Å². The minimum Gasteiger partial charge on any atom is -0.456 e. The summed E-state index contributed by atoms with van der Waals surface area (Å²) in [5.74, 6) is 0. The van der Waals surface area contributed by atoms with Crippen molar-refractivity contribution in [2.45, 2.75) is 0 Å². The summed E-state index contributed by atoms with van der Waals surface area (Å²) in [6.45, 7) is 0. The Labute approximate surface area is 353 Å². The molecule has 3 nitrogen and oxygen atoms in total. The smallest absolute Gasteiger partial charge is 0.135 e. The maximum absolute atomic E-state index is 6.41. The molecular formula is C58H38N2O. The van der Waals surface area contributed by atoms with Gasteiger partial charge in [0, 0.05) is 49.7 Å². The van der Waals surface area contributed by atoms with Gasteiger partial charge >= 0.3 is 0 Å². The number of rotatable bonds is 7. The lowest BCUT2D eigenvalue weighted by molar-refractivity contribution is 0.669. The molecule has 3 heteroatoms. The van der Waals surface area contributed by atoms with E-state index in [9.17, 15) is 0 Å². The first-order chi connectivity index (χ1) is 30.2. The molecule has 0 fully saturated rings. The molecule has 286 valence electrons. The average molecular weight is 779 g/mol. The summed E-state index contributed by atoms with van der Waals surface area (Å²) in [7, 11) is 0. The number of hydrogen-bond donors (Lipinski definition) is 0. The van der Waals surface area contributed by atoms with Gasteiger partial charge in [-0.3, -0.25) is 0 Å². The monoisotopic (exact) mass is 778 g/mol. The standard InChI is InChI=1S/C58H38N2O/c1-4-12-39(13-5-1)41-20-27-47(28-21-41)59(49-31-35-57-54(38-49)53-36-44(26-34-56(53)61-57)40-14-6-2-7-15-40)48-29-22-42(23-30-48)45-25-32-51-52-33-24-43-16-10-11-19-50(43)58(52)60(55(51)37-45)46-17-8-3-9-18-46/h1-38H. The molecular weight excluding hydrogens is 741 g/mol. The number of nitrogens with zero attached hydrogens (tertiary/aromatic N) is 2. The molecule has 0 saturated carbocycles. The van der Waals surface area contributed by atoms with E-state index in [1.807, 2.05) is 0 Å². The van der Waals surface area contributed by atoms with E-state index in [1.165, 1.54) is 60.4 Å². The van der Waals surface area contributed by atoms with Crippen molar-refractivity contribution in [1.82, 2.24) is 4.57 Å². The summed E-state index contributed by atoms with van der Waals surface area (Å²) in [6.07, 6.45) is 0. The molecule has 2 aromatic heterocycles. The molecule has 2 heterocycles. The zero-order valence-corrected chi connectivity index (χ0v) is 33.2. The van der Waals surface area contributed by atoms with Gasteiger partial charge in [0.1, 0.15) is 11.2 Å². The van der Waals surface area contributed by atoms with Gasteiger partial charge in [0.2, 0.25) is 0 Å². The number of anilines is 3. The van der Waals surface area contributed by atoms with E-state index in [-0.39, 0.29) is 0 Å². The molecule has 0 spiro atoms. The van der Waals surface area contributed by atoms with E-state index in [4.69, 9.17) is 4.42 Å². The zero-order valence-electron chi connectivity index (χ0n) is 33.2. The molecule has 0 amide bonds. The third-order valence-electron chi connectivity index (χ3n) is 12.2. The van der Waals surface area contributed by atoms with Crippen LogP contribution < -0.4 is 4.90 Å². The molecule has 10 aromatic carbocycles. The predicted molar refractivity (Wildman–Crippen MR) is 257 cm³/mol. The van der Waals surface area contributed by atoms with E-state index >= 15 is 0 Å². The van der Waals surface area contributed by atoms with Crippen molar-refractivity contribution >= 4 is 71.6 Å². The fraction of sp³-hybridized carbons (Fsp3) is 0. The summed E-state index contributed by atoms with van der Waals surface area (Å²) in [4.78, 5) is 2.35. The lowest BCUT2D eigenvalue weighted by Crippen LogP contribution is -2.09. The number of benzene rings is 10. The minimum atomic E-state index is 0.870. The fourth-order valence-electron chi connectivity index (χ4n) is 9.20. The van der Waals surface area contributed by atoms with E-state index in [0.29, 0.717) is 0 Å². The highest BCUT2D eigenvalue weighted by molar-refractivity contribution is 6.19. The van der Waals surface area contributed by atoms with E-state index in [1.54, 1.807) is 0 Å². The Morgan fingerprint density at radius 1 is 0.311 bits per heavy atom. The van der Waals surface area contributed by atoms with Crippen molar-refractivity contribution in [2.24, 2.45) is 0 Å². The molecule has 12 rings (SSSR count). The molecule has 0 unspecified atom stereocenters. The van der Waals surface area contributed by atoms with Crippen LogP contribution in [0.15, 0.2) is 235 Å². The van der Waals surface area contributed by atoms with Gasteiger partial charge in [-0.15, -0.1) is 0 Å². The van der Waals surface area contributed by atoms with Crippen LogP contribution in [-0.2, 0) is 0 Å². The van der Waals surface area contributed by atoms with Gasteiger partial charge in [-0.25, -0.2) is 0 Å². The molecule has 0 aliphatic heterocycles. The summed E-state index contributed by atoms with van der Waals surface area (Å²) in [6, 6.07) is 82.9. The highest BCUT2D eigenvalue weighted by atomic mass is 16.3. The molecule has 0 atom stereocenters. The highest BCUT2D eigenvalue weighted by Crippen LogP contribution is 2.42. The number of furan rings is 1. The van der Waals surface area contributed by atoms with Crippen molar-refractivity contribution in [3.63, 3.8) is 0 Å². The van der Waals surface area contributed by atoms with Crippen LogP contribution >= 0.6 is 0 Å². The average Bonchev–Trinajstić information content (AvgIpc) is 3.88. The Bertz CT molecular complexity index is 3550. The first-order valence-electron chi connectivity index (χ1n) is 20.8. The van der Waals surface area contributed by atoms with Gasteiger partial charge in [-0.1, -0.05) is 158 Å². The summed E-state index contributed by atoms with van der Waals surface area (Å²) in [5.41, 5.74) is 15.6. The largest absolute Gasteiger partial charge is 0.456 e. The molecule has 0 aliphatic rings. The van der Waals surface area contributed by atoms with Gasteiger partial charge < -0.3 is 13.9 Å². The Morgan fingerprint density at radius 2 is 0.803 bits per heavy atom. The van der Waals surface area contributed by atoms with E-state index in [2.05, 4.69) is 240 Å². The van der Waals surface area contributed by atoms with Crippen LogP contribution in [0.3, 0.4) is 0 Å². The van der Waals surface area contributed by atoms with Crippen LogP contribution in [0.1, 0.15) is 0 Å². The van der Waals surface area contributed by atoms with Crippen LogP contribution in [0.25, 0.3) is 93.6 Å². The van der Waals surface area contributed by atoms with Crippen LogP contribution in [0.2, 0.25) is 0 Å². The zero-order chi connectivity index (χ0) is 40.3. The first kappa shape index (κ1) is 34.9. The number of hydrogen-bond acceptors (Lipinski definition) is 2. The third kappa shape index (κ3) is 5.98. The van der Waals surface area contributed by atoms with Crippen LogP contribution in [-0.4, -0.2) is 4.57 Å². The van der Waals surface area contributed by atoms with Crippen molar-refractivity contribution in [2.75, 3.05) is 4.90 Å². The SMILES string of the molecule is c1ccc(-c2ccc(N(c3ccc(-c4ccc5c6ccc7ccccc7c6n(-c6ccccc6)c5c4)cc3)c3ccc4oc5ccc(-c6ccccc6)cc5c4c3)cc2)cc1. The number of para-hydroxylation sites is 1. The Kier molecular flexibility index (Phi) is 8.17. The Balaban J connectivity index is 0.986. The van der Waals surface area contributed by atoms with Crippen molar-refractivity contribution < 1.29 is 4.42 Å². The number of aromatic nitrogens is 1. The van der Waals surface area contributed by atoms with Crippen LogP contribution in [0.5, 0.6) is 0 Å². The quantitative estimate of drug-likeness (QED) is 0.161. The Hall–Kier alpha value is -8.14. The second-order valence-electron chi connectivity index (χ2n) is 15.7. The fourth-order valence-corrected chi connectivity index (χ4v) is 9.20. The van der Waals surface area contributed by atoms with E-state index in [0.717, 1.165) is 50.3 Å². The number of fused-ring (bicyclic) bond motifs is 8. The maximum Gasteiger partial charge on any atom is 0.135 e. The van der Waals surface area contributed by atoms with E-state index < -0.39 is 0 Å². The molecule has 0 aliphatic carbocycles. The van der Waals surface area contributed by atoms with Gasteiger partial charge in [0.05, 0.1) is 11.0 Å². The second-order valence-corrected chi connectivity index (χ2v) is 15.7.